The molecule has 1 aromatic heterocycles. The maximum atomic E-state index is 12.2. The standard InChI is InChI=1S/C15H16N2O3/c1-8(15(19)20)16-14(18)11-6-2-5-10-9-4-3-7-12(9)17-13(10)11/h2,5-6,8,17H,3-4,7H2,1H3,(H,16,18)(H,19,20)/t8-/m0/s1. The number of aromatic amines is 1. The molecule has 1 amide bonds. The topological polar surface area (TPSA) is 82.2 Å². The Morgan fingerprint density at radius 3 is 2.90 bits per heavy atom. The average Bonchev–Trinajstić information content (AvgIpc) is 2.98. The number of nitrogens with one attached hydrogen (secondary N) is 2. The smallest absolute Gasteiger partial charge is 0.325 e. The quantitative estimate of drug-likeness (QED) is 0.797. The van der Waals surface area contributed by atoms with Crippen molar-refractivity contribution in [1.82, 2.24) is 10.3 Å². The summed E-state index contributed by atoms with van der Waals surface area (Å²) in [4.78, 5) is 26.3. The maximum absolute atomic E-state index is 12.2. The molecule has 0 unspecified atom stereocenters. The second-order valence-electron chi connectivity index (χ2n) is 5.20. The third-order valence-electron chi connectivity index (χ3n) is 3.85. The van der Waals surface area contributed by atoms with Crippen LogP contribution in [0.25, 0.3) is 10.9 Å². The predicted molar refractivity (Wildman–Crippen MR) is 74.9 cm³/mol. The molecule has 0 fully saturated rings. The molecule has 0 bridgehead atoms. The lowest BCUT2D eigenvalue weighted by molar-refractivity contribution is -0.138. The van der Waals surface area contributed by atoms with Crippen LogP contribution in [-0.2, 0) is 17.6 Å². The summed E-state index contributed by atoms with van der Waals surface area (Å²) in [5.41, 5.74) is 3.81. The summed E-state index contributed by atoms with van der Waals surface area (Å²) in [5.74, 6) is -1.40. The van der Waals surface area contributed by atoms with Gasteiger partial charge in [-0.05, 0) is 37.8 Å². The highest BCUT2D eigenvalue weighted by molar-refractivity contribution is 6.07. The monoisotopic (exact) mass is 272 g/mol. The number of carboxylic acids is 1. The fourth-order valence-electron chi connectivity index (χ4n) is 2.79. The van der Waals surface area contributed by atoms with Crippen molar-refractivity contribution in [2.45, 2.75) is 32.2 Å². The van der Waals surface area contributed by atoms with Gasteiger partial charge in [-0.15, -0.1) is 0 Å². The SMILES string of the molecule is C[C@H](NC(=O)c1cccc2c3c([nH]c12)CCC3)C(=O)O. The zero-order valence-electron chi connectivity index (χ0n) is 11.2. The first-order chi connectivity index (χ1) is 9.58. The zero-order chi connectivity index (χ0) is 14.3. The molecule has 0 radical (unpaired) electrons. The van der Waals surface area contributed by atoms with Gasteiger partial charge < -0.3 is 15.4 Å². The summed E-state index contributed by atoms with van der Waals surface area (Å²) < 4.78 is 0. The largest absolute Gasteiger partial charge is 0.480 e. The minimum Gasteiger partial charge on any atom is -0.480 e. The van der Waals surface area contributed by atoms with Gasteiger partial charge in [0.25, 0.3) is 5.91 Å². The Bertz CT molecular complexity index is 702. The van der Waals surface area contributed by atoms with Crippen LogP contribution in [0.2, 0.25) is 0 Å². The van der Waals surface area contributed by atoms with Gasteiger partial charge in [-0.3, -0.25) is 9.59 Å². The van der Waals surface area contributed by atoms with Gasteiger partial charge in [0, 0.05) is 11.1 Å². The summed E-state index contributed by atoms with van der Waals surface area (Å²) >= 11 is 0. The van der Waals surface area contributed by atoms with Crippen LogP contribution in [0.5, 0.6) is 0 Å². The van der Waals surface area contributed by atoms with Crippen molar-refractivity contribution in [2.24, 2.45) is 0 Å². The molecule has 3 N–H and O–H groups in total. The van der Waals surface area contributed by atoms with Gasteiger partial charge in [0.05, 0.1) is 11.1 Å². The maximum Gasteiger partial charge on any atom is 0.325 e. The Balaban J connectivity index is 2.00. The fourth-order valence-corrected chi connectivity index (χ4v) is 2.79. The number of fused-ring (bicyclic) bond motifs is 3. The number of para-hydroxylation sites is 1. The van der Waals surface area contributed by atoms with Crippen molar-refractivity contribution < 1.29 is 14.7 Å². The third-order valence-corrected chi connectivity index (χ3v) is 3.85. The molecule has 20 heavy (non-hydrogen) atoms. The number of hydrogen-bond donors (Lipinski definition) is 3. The molecular weight excluding hydrogens is 256 g/mol. The Morgan fingerprint density at radius 1 is 1.35 bits per heavy atom. The van der Waals surface area contributed by atoms with Crippen molar-refractivity contribution >= 4 is 22.8 Å². The van der Waals surface area contributed by atoms with Crippen LogP contribution < -0.4 is 5.32 Å². The molecule has 1 aromatic carbocycles. The van der Waals surface area contributed by atoms with Gasteiger partial charge in [-0.25, -0.2) is 0 Å². The number of aromatic nitrogens is 1. The van der Waals surface area contributed by atoms with E-state index in [-0.39, 0.29) is 5.91 Å². The van der Waals surface area contributed by atoms with Gasteiger partial charge in [0.1, 0.15) is 6.04 Å². The summed E-state index contributed by atoms with van der Waals surface area (Å²) in [5, 5.41) is 12.4. The average molecular weight is 272 g/mol. The number of aryl methyl sites for hydroxylation is 2. The van der Waals surface area contributed by atoms with Crippen LogP contribution in [0.4, 0.5) is 0 Å². The number of carbonyl (C=O) groups excluding carboxylic acids is 1. The first kappa shape index (κ1) is 12.7. The number of rotatable bonds is 3. The van der Waals surface area contributed by atoms with Crippen molar-refractivity contribution in [1.29, 1.82) is 0 Å². The number of carboxylic acid groups (broad SMARTS) is 1. The van der Waals surface area contributed by atoms with Gasteiger partial charge in [0.15, 0.2) is 0 Å². The van der Waals surface area contributed by atoms with E-state index in [0.717, 1.165) is 30.2 Å². The van der Waals surface area contributed by atoms with Gasteiger partial charge >= 0.3 is 5.97 Å². The van der Waals surface area contributed by atoms with E-state index in [0.29, 0.717) is 5.56 Å². The van der Waals surface area contributed by atoms with E-state index in [4.69, 9.17) is 5.11 Å². The van der Waals surface area contributed by atoms with Gasteiger partial charge in [-0.1, -0.05) is 12.1 Å². The Morgan fingerprint density at radius 2 is 2.15 bits per heavy atom. The molecule has 1 heterocycles. The Kier molecular flexibility index (Phi) is 2.97. The fraction of sp³-hybridized carbons (Fsp3) is 0.333. The lowest BCUT2D eigenvalue weighted by Gasteiger charge is -2.10. The molecule has 0 saturated carbocycles. The molecule has 0 spiro atoms. The van der Waals surface area contributed by atoms with Crippen molar-refractivity contribution in [3.05, 3.63) is 35.0 Å². The van der Waals surface area contributed by atoms with Crippen LogP contribution in [0.1, 0.15) is 35.0 Å². The normalized spacial score (nSPS) is 15.1. The molecule has 1 atom stereocenters. The van der Waals surface area contributed by atoms with Crippen LogP contribution in [0.3, 0.4) is 0 Å². The first-order valence-corrected chi connectivity index (χ1v) is 6.74. The number of aliphatic carboxylic acids is 1. The van der Waals surface area contributed by atoms with E-state index in [1.54, 1.807) is 6.07 Å². The first-order valence-electron chi connectivity index (χ1n) is 6.74. The second-order valence-corrected chi connectivity index (χ2v) is 5.20. The molecule has 5 heteroatoms. The minimum absolute atomic E-state index is 0.356. The summed E-state index contributed by atoms with van der Waals surface area (Å²) in [6, 6.07) is 4.67. The highest BCUT2D eigenvalue weighted by Gasteiger charge is 2.22. The highest BCUT2D eigenvalue weighted by Crippen LogP contribution is 2.31. The van der Waals surface area contributed by atoms with Gasteiger partial charge in [-0.2, -0.15) is 0 Å². The van der Waals surface area contributed by atoms with Crippen molar-refractivity contribution in [3.63, 3.8) is 0 Å². The third kappa shape index (κ3) is 1.95. The molecule has 0 saturated heterocycles. The molecule has 0 aliphatic heterocycles. The van der Waals surface area contributed by atoms with Gasteiger partial charge in [0.2, 0.25) is 0 Å². The number of hydrogen-bond acceptors (Lipinski definition) is 2. The van der Waals surface area contributed by atoms with Crippen LogP contribution in [-0.4, -0.2) is 28.0 Å². The summed E-state index contributed by atoms with van der Waals surface area (Å²) in [6.07, 6.45) is 3.19. The number of amides is 1. The molecule has 1 aliphatic rings. The molecule has 5 nitrogen and oxygen atoms in total. The van der Waals surface area contributed by atoms with Crippen molar-refractivity contribution in [3.8, 4) is 0 Å². The molecule has 104 valence electrons. The molecule has 1 aliphatic carbocycles. The second kappa shape index (κ2) is 4.67. The predicted octanol–water partition coefficient (Wildman–Crippen LogP) is 1.86. The molecular formula is C15H16N2O3. The highest BCUT2D eigenvalue weighted by atomic mass is 16.4. The number of H-pyrrole nitrogens is 1. The summed E-state index contributed by atoms with van der Waals surface area (Å²) in [6.45, 7) is 1.45. The van der Waals surface area contributed by atoms with Crippen LogP contribution in [0.15, 0.2) is 18.2 Å². The number of benzene rings is 1. The van der Waals surface area contributed by atoms with E-state index in [2.05, 4.69) is 10.3 Å². The van der Waals surface area contributed by atoms with E-state index in [1.165, 1.54) is 18.2 Å². The molecule has 3 rings (SSSR count). The molecule has 2 aromatic rings. The lowest BCUT2D eigenvalue weighted by atomic mass is 10.1. The van der Waals surface area contributed by atoms with E-state index in [1.807, 2.05) is 12.1 Å². The van der Waals surface area contributed by atoms with E-state index < -0.39 is 12.0 Å². The van der Waals surface area contributed by atoms with Crippen LogP contribution >= 0.6 is 0 Å². The summed E-state index contributed by atoms with van der Waals surface area (Å²) in [7, 11) is 0. The minimum atomic E-state index is -1.04. The van der Waals surface area contributed by atoms with E-state index in [9.17, 15) is 9.59 Å². The lowest BCUT2D eigenvalue weighted by Crippen LogP contribution is -2.38. The van der Waals surface area contributed by atoms with E-state index >= 15 is 0 Å². The Labute approximate surface area is 116 Å². The zero-order valence-corrected chi connectivity index (χ0v) is 11.2. The number of carbonyl (C=O) groups is 2. The van der Waals surface area contributed by atoms with Crippen molar-refractivity contribution in [2.75, 3.05) is 0 Å². The Hall–Kier alpha value is -2.30. The van der Waals surface area contributed by atoms with Crippen LogP contribution in [0, 0.1) is 0 Å².